The van der Waals surface area contributed by atoms with E-state index in [9.17, 15) is 4.79 Å². The molecule has 2 aliphatic rings. The van der Waals surface area contributed by atoms with Gasteiger partial charge in [-0.2, -0.15) is 0 Å². The lowest BCUT2D eigenvalue weighted by molar-refractivity contribution is -0.113. The van der Waals surface area contributed by atoms with Crippen LogP contribution in [0.25, 0.3) is 0 Å². The molecule has 0 saturated heterocycles. The average Bonchev–Trinajstić information content (AvgIpc) is 2.53. The second kappa shape index (κ2) is 2.60. The lowest BCUT2D eigenvalue weighted by Crippen LogP contribution is -2.24. The summed E-state index contributed by atoms with van der Waals surface area (Å²) in [6.45, 7) is 4.48. The fraction of sp³-hybridized carbons (Fsp3) is 0.727. The molecule has 0 aromatic carbocycles. The summed E-state index contributed by atoms with van der Waals surface area (Å²) >= 11 is 0. The number of allylic oxidation sites excluding steroid dienone is 1. The Labute approximate surface area is 79.2 Å². The monoisotopic (exact) mass is 179 g/mol. The van der Waals surface area contributed by atoms with Crippen molar-refractivity contribution in [2.45, 2.75) is 33.1 Å². The van der Waals surface area contributed by atoms with Crippen LogP contribution >= 0.6 is 0 Å². The van der Waals surface area contributed by atoms with Crippen molar-refractivity contribution < 1.29 is 4.79 Å². The van der Waals surface area contributed by atoms with E-state index in [0.717, 1.165) is 5.92 Å². The molecule has 0 aliphatic heterocycles. The molecule has 0 aromatic rings. The van der Waals surface area contributed by atoms with Crippen LogP contribution < -0.4 is 5.73 Å². The van der Waals surface area contributed by atoms with E-state index >= 15 is 0 Å². The molecule has 2 N–H and O–H groups in total. The molecule has 0 spiro atoms. The molecule has 72 valence electrons. The highest BCUT2D eigenvalue weighted by molar-refractivity contribution is 5.87. The molecule has 2 nitrogen and oxygen atoms in total. The number of carbonyl (C=O) groups excluding carboxylic acids is 1. The molecule has 2 fully saturated rings. The average molecular weight is 179 g/mol. The zero-order chi connectivity index (χ0) is 9.64. The summed E-state index contributed by atoms with van der Waals surface area (Å²) in [6.07, 6.45) is 5.52. The maximum Gasteiger partial charge on any atom is 0.241 e. The van der Waals surface area contributed by atoms with Crippen LogP contribution in [-0.4, -0.2) is 5.91 Å². The van der Waals surface area contributed by atoms with Gasteiger partial charge in [-0.25, -0.2) is 0 Å². The minimum atomic E-state index is -0.282. The van der Waals surface area contributed by atoms with E-state index in [0.29, 0.717) is 5.92 Å². The number of amides is 1. The lowest BCUT2D eigenvalue weighted by atomic mass is 9.72. The van der Waals surface area contributed by atoms with E-state index in [2.05, 4.69) is 13.8 Å². The number of fused-ring (bicyclic) bond motifs is 2. The molecule has 1 amide bonds. The van der Waals surface area contributed by atoms with Gasteiger partial charge in [-0.1, -0.05) is 19.4 Å². The van der Waals surface area contributed by atoms with Crippen molar-refractivity contribution in [2.24, 2.45) is 23.0 Å². The van der Waals surface area contributed by atoms with Crippen LogP contribution in [0.15, 0.2) is 11.6 Å². The topological polar surface area (TPSA) is 43.1 Å². The van der Waals surface area contributed by atoms with Gasteiger partial charge < -0.3 is 5.73 Å². The van der Waals surface area contributed by atoms with Crippen molar-refractivity contribution in [1.82, 2.24) is 0 Å². The van der Waals surface area contributed by atoms with E-state index in [1.807, 2.05) is 0 Å². The molecular weight excluding hydrogens is 162 g/mol. The highest BCUT2D eigenvalue weighted by Crippen LogP contribution is 2.58. The van der Waals surface area contributed by atoms with E-state index in [4.69, 9.17) is 5.73 Å². The number of rotatable bonds is 1. The highest BCUT2D eigenvalue weighted by Gasteiger charge is 2.48. The molecule has 0 unspecified atom stereocenters. The minimum absolute atomic E-state index is 0.220. The second-order valence-corrected chi connectivity index (χ2v) is 4.93. The van der Waals surface area contributed by atoms with Crippen molar-refractivity contribution in [2.75, 3.05) is 0 Å². The van der Waals surface area contributed by atoms with Gasteiger partial charge in [0.2, 0.25) is 5.91 Å². The lowest BCUT2D eigenvalue weighted by Gasteiger charge is -2.32. The Balaban J connectivity index is 2.34. The van der Waals surface area contributed by atoms with Gasteiger partial charge >= 0.3 is 0 Å². The Morgan fingerprint density at radius 2 is 2.23 bits per heavy atom. The van der Waals surface area contributed by atoms with Crippen LogP contribution in [0, 0.1) is 17.3 Å². The first-order chi connectivity index (χ1) is 6.01. The summed E-state index contributed by atoms with van der Waals surface area (Å²) in [6, 6.07) is 0. The van der Waals surface area contributed by atoms with Crippen molar-refractivity contribution in [1.29, 1.82) is 0 Å². The summed E-state index contributed by atoms with van der Waals surface area (Å²) in [5, 5.41) is 0. The Bertz CT molecular complexity index is 278. The van der Waals surface area contributed by atoms with Gasteiger partial charge in [0, 0.05) is 6.08 Å². The predicted octanol–water partition coefficient (Wildman–Crippen LogP) is 1.85. The number of carbonyl (C=O) groups is 1. The van der Waals surface area contributed by atoms with Crippen LogP contribution in [-0.2, 0) is 4.79 Å². The first-order valence-electron chi connectivity index (χ1n) is 5.03. The van der Waals surface area contributed by atoms with Gasteiger partial charge in [0.1, 0.15) is 0 Å². The Hall–Kier alpha value is -0.790. The summed E-state index contributed by atoms with van der Waals surface area (Å²) in [5.74, 6) is 1.14. The number of hydrogen-bond acceptors (Lipinski definition) is 1. The van der Waals surface area contributed by atoms with Crippen LogP contribution in [0.3, 0.4) is 0 Å². The molecule has 0 heterocycles. The minimum Gasteiger partial charge on any atom is -0.366 e. The van der Waals surface area contributed by atoms with E-state index in [1.54, 1.807) is 6.08 Å². The zero-order valence-electron chi connectivity index (χ0n) is 8.34. The van der Waals surface area contributed by atoms with Crippen LogP contribution in [0.4, 0.5) is 0 Å². The molecule has 2 saturated carbocycles. The smallest absolute Gasteiger partial charge is 0.241 e. The molecule has 0 radical (unpaired) electrons. The molecule has 2 heteroatoms. The molecule has 2 rings (SSSR count). The Morgan fingerprint density at radius 3 is 2.69 bits per heavy atom. The van der Waals surface area contributed by atoms with Gasteiger partial charge in [-0.3, -0.25) is 4.79 Å². The molecule has 2 aliphatic carbocycles. The summed E-state index contributed by atoms with van der Waals surface area (Å²) in [5.41, 5.74) is 6.73. The van der Waals surface area contributed by atoms with Crippen LogP contribution in [0.2, 0.25) is 0 Å². The highest BCUT2D eigenvalue weighted by atomic mass is 16.1. The van der Waals surface area contributed by atoms with E-state index in [1.165, 1.54) is 24.8 Å². The molecule has 2 bridgehead atoms. The second-order valence-electron chi connectivity index (χ2n) is 4.93. The zero-order valence-corrected chi connectivity index (χ0v) is 8.34. The van der Waals surface area contributed by atoms with Crippen molar-refractivity contribution >= 4 is 5.91 Å². The van der Waals surface area contributed by atoms with Crippen molar-refractivity contribution in [3.63, 3.8) is 0 Å². The van der Waals surface area contributed by atoms with Gasteiger partial charge in [0.25, 0.3) is 0 Å². The van der Waals surface area contributed by atoms with Crippen molar-refractivity contribution in [3.05, 3.63) is 11.6 Å². The van der Waals surface area contributed by atoms with Gasteiger partial charge in [-0.15, -0.1) is 0 Å². The number of nitrogens with two attached hydrogens (primary N) is 1. The third-order valence-corrected chi connectivity index (χ3v) is 3.93. The number of hydrogen-bond donors (Lipinski definition) is 1. The van der Waals surface area contributed by atoms with Crippen molar-refractivity contribution in [3.8, 4) is 0 Å². The van der Waals surface area contributed by atoms with Crippen LogP contribution in [0.5, 0.6) is 0 Å². The first-order valence-corrected chi connectivity index (χ1v) is 5.03. The molecular formula is C11H17NO. The fourth-order valence-electron chi connectivity index (χ4n) is 3.14. The molecule has 2 atom stereocenters. The SMILES string of the molecule is CC1(C)/C(=C\C(N)=O)[C@H]2CC[C@H]1C2. The van der Waals surface area contributed by atoms with Crippen LogP contribution in [0.1, 0.15) is 33.1 Å². The maximum absolute atomic E-state index is 10.9. The third-order valence-electron chi connectivity index (χ3n) is 3.93. The summed E-state index contributed by atoms with van der Waals surface area (Å²) < 4.78 is 0. The Morgan fingerprint density at radius 1 is 1.54 bits per heavy atom. The summed E-state index contributed by atoms with van der Waals surface area (Å²) in [4.78, 5) is 10.9. The normalized spacial score (nSPS) is 38.5. The third kappa shape index (κ3) is 1.19. The quantitative estimate of drug-likeness (QED) is 0.613. The maximum atomic E-state index is 10.9. The van der Waals surface area contributed by atoms with E-state index < -0.39 is 0 Å². The fourth-order valence-corrected chi connectivity index (χ4v) is 3.14. The number of primary amides is 1. The van der Waals surface area contributed by atoms with Gasteiger partial charge in [0.05, 0.1) is 0 Å². The predicted molar refractivity (Wildman–Crippen MR) is 51.9 cm³/mol. The Kier molecular flexibility index (Phi) is 1.76. The first kappa shape index (κ1) is 8.79. The largest absolute Gasteiger partial charge is 0.366 e. The molecule has 0 aromatic heterocycles. The van der Waals surface area contributed by atoms with Gasteiger partial charge in [0.15, 0.2) is 0 Å². The van der Waals surface area contributed by atoms with E-state index in [-0.39, 0.29) is 11.3 Å². The van der Waals surface area contributed by atoms with Gasteiger partial charge in [-0.05, 0) is 36.5 Å². The standard InChI is InChI=1S/C11H17NO/c1-11(2)8-4-3-7(5-8)9(11)6-10(12)13/h6-8H,3-5H2,1-2H3,(H2,12,13)/b9-6-/t7-,8-/m0/s1. The molecule has 13 heavy (non-hydrogen) atoms. The summed E-state index contributed by atoms with van der Waals surface area (Å²) in [7, 11) is 0.